The van der Waals surface area contributed by atoms with Gasteiger partial charge in [-0.2, -0.15) is 33.3 Å². The van der Waals surface area contributed by atoms with Crippen molar-refractivity contribution < 1.29 is 31.1 Å². The Balaban J connectivity index is 1.52. The van der Waals surface area contributed by atoms with Crippen LogP contribution < -0.4 is 0 Å². The summed E-state index contributed by atoms with van der Waals surface area (Å²) in [6, 6.07) is 3.95. The van der Waals surface area contributed by atoms with Crippen LogP contribution in [0.3, 0.4) is 0 Å². The minimum Gasteiger partial charge on any atom is -0.330 e. The van der Waals surface area contributed by atoms with Crippen LogP contribution in [-0.4, -0.2) is 42.1 Å². The van der Waals surface area contributed by atoms with Gasteiger partial charge in [-0.3, -0.25) is 9.48 Å². The van der Waals surface area contributed by atoms with E-state index in [0.717, 1.165) is 29.1 Å². The minimum absolute atomic E-state index is 0.0333. The maximum absolute atomic E-state index is 13.9. The Labute approximate surface area is 205 Å². The largest absolute Gasteiger partial charge is 0.416 e. The summed E-state index contributed by atoms with van der Waals surface area (Å²) >= 11 is 0. The second-order valence-electron chi connectivity index (χ2n) is 8.60. The molecule has 0 spiro atoms. The van der Waals surface area contributed by atoms with Gasteiger partial charge in [-0.05, 0) is 43.7 Å². The number of nitrogens with zero attached hydrogens (tertiary/aromatic N) is 6. The van der Waals surface area contributed by atoms with Crippen LogP contribution in [0.1, 0.15) is 40.1 Å². The van der Waals surface area contributed by atoms with Gasteiger partial charge in [0.2, 0.25) is 0 Å². The molecule has 192 valence electrons. The van der Waals surface area contributed by atoms with Gasteiger partial charge in [-0.15, -0.1) is 0 Å². The lowest BCUT2D eigenvalue weighted by molar-refractivity contribution is -0.137. The molecule has 0 unspecified atom stereocenters. The number of hydrogen-bond donors (Lipinski definition) is 0. The molecule has 3 heterocycles. The average molecular weight is 520 g/mol. The zero-order chi connectivity index (χ0) is 26.6. The zero-order valence-corrected chi connectivity index (χ0v) is 19.4. The van der Waals surface area contributed by atoms with E-state index >= 15 is 0 Å². The van der Waals surface area contributed by atoms with Crippen molar-refractivity contribution in [2.75, 3.05) is 6.54 Å². The summed E-state index contributed by atoms with van der Waals surface area (Å²) in [6.07, 6.45) is -1.91. The molecule has 0 fully saturated rings. The number of benzene rings is 2. The van der Waals surface area contributed by atoms with Crippen LogP contribution in [0.5, 0.6) is 0 Å². The molecule has 0 bridgehead atoms. The maximum atomic E-state index is 13.9. The Morgan fingerprint density at radius 3 is 2.27 bits per heavy atom. The first kappa shape index (κ1) is 24.5. The third kappa shape index (κ3) is 4.23. The molecular weight excluding hydrogens is 502 g/mol. The average Bonchev–Trinajstić information content (AvgIpc) is 3.49. The minimum atomic E-state index is -4.71. The molecule has 1 aliphatic rings. The standard InChI is InChI=1S/C24H18F6N6O/c1-12-21-17(22(34(2)33-21)13-9-18(25)20(27)19(26)10-13)3-6-35(12)23(37)14-7-15(24(28,29)30)11-16(8-14)36-31-4-5-32-36/h4-5,7-12H,3,6H2,1-2H3/t12-/m0/s1. The van der Waals surface area contributed by atoms with E-state index in [1.54, 1.807) is 14.0 Å². The number of rotatable bonds is 3. The van der Waals surface area contributed by atoms with Gasteiger partial charge < -0.3 is 4.90 Å². The molecule has 0 radical (unpaired) electrons. The van der Waals surface area contributed by atoms with Crippen LogP contribution in [0, 0.1) is 17.5 Å². The molecule has 5 rings (SSSR count). The van der Waals surface area contributed by atoms with Crippen LogP contribution in [-0.2, 0) is 19.6 Å². The van der Waals surface area contributed by atoms with E-state index < -0.39 is 41.1 Å². The molecule has 0 saturated heterocycles. The summed E-state index contributed by atoms with van der Waals surface area (Å²) in [7, 11) is 1.54. The fourth-order valence-corrected chi connectivity index (χ4v) is 4.60. The van der Waals surface area contributed by atoms with Crippen molar-refractivity contribution in [2.24, 2.45) is 7.05 Å². The lowest BCUT2D eigenvalue weighted by Crippen LogP contribution is -2.39. The highest BCUT2D eigenvalue weighted by Crippen LogP contribution is 2.38. The first-order valence-electron chi connectivity index (χ1n) is 11.1. The van der Waals surface area contributed by atoms with E-state index in [2.05, 4.69) is 15.3 Å². The van der Waals surface area contributed by atoms with Crippen LogP contribution in [0.15, 0.2) is 42.7 Å². The van der Waals surface area contributed by atoms with Gasteiger partial charge in [0.1, 0.15) is 0 Å². The van der Waals surface area contributed by atoms with Crippen LogP contribution in [0.2, 0.25) is 0 Å². The third-order valence-electron chi connectivity index (χ3n) is 6.30. The highest BCUT2D eigenvalue weighted by atomic mass is 19.4. The predicted octanol–water partition coefficient (Wildman–Crippen LogP) is 4.86. The second kappa shape index (κ2) is 8.75. The summed E-state index contributed by atoms with van der Waals surface area (Å²) in [5.74, 6) is -4.95. The van der Waals surface area contributed by atoms with Crippen molar-refractivity contribution >= 4 is 5.91 Å². The van der Waals surface area contributed by atoms with Gasteiger partial charge in [0, 0.05) is 30.3 Å². The molecule has 0 saturated carbocycles. The number of aromatic nitrogens is 5. The predicted molar refractivity (Wildman–Crippen MR) is 118 cm³/mol. The van der Waals surface area contributed by atoms with Crippen LogP contribution in [0.4, 0.5) is 26.3 Å². The number of carbonyl (C=O) groups excluding carboxylic acids is 1. The van der Waals surface area contributed by atoms with E-state index in [-0.39, 0.29) is 29.8 Å². The molecule has 1 atom stereocenters. The Kier molecular flexibility index (Phi) is 5.80. The first-order valence-corrected chi connectivity index (χ1v) is 11.1. The number of carbonyl (C=O) groups is 1. The molecule has 2 aromatic heterocycles. The highest BCUT2D eigenvalue weighted by molar-refractivity contribution is 5.95. The van der Waals surface area contributed by atoms with Gasteiger partial charge in [-0.1, -0.05) is 0 Å². The summed E-state index contributed by atoms with van der Waals surface area (Å²) in [5.41, 5.74) is 0.187. The lowest BCUT2D eigenvalue weighted by Gasteiger charge is -2.33. The number of aryl methyl sites for hydroxylation is 1. The van der Waals surface area contributed by atoms with Gasteiger partial charge in [-0.25, -0.2) is 13.2 Å². The summed E-state index contributed by atoms with van der Waals surface area (Å²) in [5, 5.41) is 12.1. The van der Waals surface area contributed by atoms with E-state index in [0.29, 0.717) is 17.0 Å². The number of amides is 1. The highest BCUT2D eigenvalue weighted by Gasteiger charge is 2.36. The number of fused-ring (bicyclic) bond motifs is 1. The smallest absolute Gasteiger partial charge is 0.330 e. The zero-order valence-electron chi connectivity index (χ0n) is 19.4. The summed E-state index contributed by atoms with van der Waals surface area (Å²) in [6.45, 7) is 1.76. The van der Waals surface area contributed by atoms with Crippen LogP contribution >= 0.6 is 0 Å². The Morgan fingerprint density at radius 2 is 1.65 bits per heavy atom. The normalized spacial score (nSPS) is 15.7. The molecular formula is C24H18F6N6O. The third-order valence-corrected chi connectivity index (χ3v) is 6.30. The Hall–Kier alpha value is -4.16. The van der Waals surface area contributed by atoms with Gasteiger partial charge in [0.15, 0.2) is 17.5 Å². The fraction of sp³-hybridized carbons (Fsp3) is 0.250. The van der Waals surface area contributed by atoms with E-state index in [1.807, 2.05) is 0 Å². The Morgan fingerprint density at radius 1 is 1.00 bits per heavy atom. The maximum Gasteiger partial charge on any atom is 0.416 e. The fourth-order valence-electron chi connectivity index (χ4n) is 4.60. The summed E-state index contributed by atoms with van der Waals surface area (Å²) < 4.78 is 83.4. The molecule has 1 aliphatic heterocycles. The van der Waals surface area contributed by atoms with Crippen molar-refractivity contribution in [3.8, 4) is 16.9 Å². The van der Waals surface area contributed by atoms with Gasteiger partial charge in [0.05, 0.1) is 41.1 Å². The molecule has 0 N–H and O–H groups in total. The van der Waals surface area contributed by atoms with E-state index in [9.17, 15) is 31.1 Å². The molecule has 4 aromatic rings. The van der Waals surface area contributed by atoms with Gasteiger partial charge >= 0.3 is 6.18 Å². The SMILES string of the molecule is C[C@H]1c2nn(C)c(-c3cc(F)c(F)c(F)c3)c2CCN1C(=O)c1cc(-n2nccn2)cc(C(F)(F)F)c1. The monoisotopic (exact) mass is 520 g/mol. The van der Waals surface area contributed by atoms with E-state index in [1.165, 1.54) is 28.0 Å². The van der Waals surface area contributed by atoms with E-state index in [4.69, 9.17) is 0 Å². The van der Waals surface area contributed by atoms with Crippen LogP contribution in [0.25, 0.3) is 16.9 Å². The summed E-state index contributed by atoms with van der Waals surface area (Å²) in [4.78, 5) is 15.8. The quantitative estimate of drug-likeness (QED) is 0.286. The molecule has 1 amide bonds. The molecule has 2 aromatic carbocycles. The van der Waals surface area contributed by atoms with Crippen molar-refractivity contribution in [2.45, 2.75) is 25.6 Å². The molecule has 0 aliphatic carbocycles. The topological polar surface area (TPSA) is 68.8 Å². The van der Waals surface area contributed by atoms with Crippen molar-refractivity contribution in [1.82, 2.24) is 29.7 Å². The molecule has 37 heavy (non-hydrogen) atoms. The van der Waals surface area contributed by atoms with Crippen molar-refractivity contribution in [1.29, 1.82) is 0 Å². The number of halogens is 6. The number of hydrogen-bond acceptors (Lipinski definition) is 4. The molecule has 13 heteroatoms. The first-order chi connectivity index (χ1) is 17.5. The van der Waals surface area contributed by atoms with Gasteiger partial charge in [0.25, 0.3) is 5.91 Å². The second-order valence-corrected chi connectivity index (χ2v) is 8.60. The Bertz CT molecular complexity index is 1490. The van der Waals surface area contributed by atoms with Crippen molar-refractivity contribution in [3.63, 3.8) is 0 Å². The van der Waals surface area contributed by atoms with Crippen molar-refractivity contribution in [3.05, 3.63) is 82.6 Å². The number of alkyl halides is 3. The molecule has 7 nitrogen and oxygen atoms in total. The lowest BCUT2D eigenvalue weighted by atomic mass is 9.94.